The van der Waals surface area contributed by atoms with Gasteiger partial charge in [0.1, 0.15) is 16.7 Å². The molecule has 0 radical (unpaired) electrons. The summed E-state index contributed by atoms with van der Waals surface area (Å²) in [6, 6.07) is 11.8. The third-order valence-corrected chi connectivity index (χ3v) is 4.09. The van der Waals surface area contributed by atoms with Crippen molar-refractivity contribution in [2.24, 2.45) is 0 Å². The van der Waals surface area contributed by atoms with Gasteiger partial charge in [0.05, 0.1) is 5.69 Å². The summed E-state index contributed by atoms with van der Waals surface area (Å²) in [7, 11) is 3.84. The van der Waals surface area contributed by atoms with Crippen molar-refractivity contribution in [1.29, 1.82) is 5.26 Å². The van der Waals surface area contributed by atoms with Gasteiger partial charge in [-0.2, -0.15) is 5.26 Å². The lowest BCUT2D eigenvalue weighted by molar-refractivity contribution is 1.05. The van der Waals surface area contributed by atoms with Crippen molar-refractivity contribution in [1.82, 2.24) is 4.98 Å². The van der Waals surface area contributed by atoms with Crippen molar-refractivity contribution in [3.8, 4) is 6.07 Å². The zero-order valence-electron chi connectivity index (χ0n) is 11.3. The first kappa shape index (κ1) is 14.7. The number of pyridine rings is 1. The topological polar surface area (TPSA) is 39.9 Å². The molecule has 0 aliphatic rings. The van der Waals surface area contributed by atoms with Gasteiger partial charge in [0.25, 0.3) is 0 Å². The molecule has 3 nitrogen and oxygen atoms in total. The van der Waals surface area contributed by atoms with E-state index in [9.17, 15) is 5.26 Å². The summed E-state index contributed by atoms with van der Waals surface area (Å²) >= 11 is 7.42. The molecule has 0 atom stereocenters. The standard InChI is InChI=1S/C15H14ClN3S/c1-19(2)14-7-8-18-15(13(14)9-17)20-10-11-3-5-12(16)6-4-11/h3-8H,10H2,1-2H3. The molecule has 5 heteroatoms. The first-order valence-electron chi connectivity index (χ1n) is 6.05. The number of benzene rings is 1. The SMILES string of the molecule is CN(C)c1ccnc(SCc2ccc(Cl)cc2)c1C#N. The average molecular weight is 304 g/mol. The van der Waals surface area contributed by atoms with Crippen molar-refractivity contribution in [2.45, 2.75) is 10.8 Å². The van der Waals surface area contributed by atoms with Crippen LogP contribution in [0.2, 0.25) is 5.02 Å². The molecule has 0 unspecified atom stereocenters. The summed E-state index contributed by atoms with van der Waals surface area (Å²) in [6.07, 6.45) is 1.74. The Labute approximate surface area is 128 Å². The van der Waals surface area contributed by atoms with Crippen LogP contribution in [0, 0.1) is 11.3 Å². The number of nitriles is 1. The van der Waals surface area contributed by atoms with Crippen molar-refractivity contribution < 1.29 is 0 Å². The highest BCUT2D eigenvalue weighted by Gasteiger charge is 2.11. The van der Waals surface area contributed by atoms with Crippen LogP contribution in [0.15, 0.2) is 41.6 Å². The molecule has 1 aromatic heterocycles. The van der Waals surface area contributed by atoms with Gasteiger partial charge in [0, 0.05) is 31.1 Å². The number of hydrogen-bond donors (Lipinski definition) is 0. The third-order valence-electron chi connectivity index (χ3n) is 2.78. The fourth-order valence-electron chi connectivity index (χ4n) is 1.75. The second-order valence-corrected chi connectivity index (χ2v) is 5.83. The van der Waals surface area contributed by atoms with E-state index < -0.39 is 0 Å². The van der Waals surface area contributed by atoms with Gasteiger partial charge in [-0.05, 0) is 23.8 Å². The van der Waals surface area contributed by atoms with Gasteiger partial charge >= 0.3 is 0 Å². The van der Waals surface area contributed by atoms with E-state index in [4.69, 9.17) is 11.6 Å². The molecule has 0 saturated carbocycles. The maximum Gasteiger partial charge on any atom is 0.116 e. The molecule has 0 fully saturated rings. The molecular weight excluding hydrogens is 290 g/mol. The van der Waals surface area contributed by atoms with Crippen LogP contribution in [-0.4, -0.2) is 19.1 Å². The van der Waals surface area contributed by atoms with Crippen molar-refractivity contribution in [3.63, 3.8) is 0 Å². The van der Waals surface area contributed by atoms with Crippen LogP contribution >= 0.6 is 23.4 Å². The predicted molar refractivity (Wildman–Crippen MR) is 84.3 cm³/mol. The Morgan fingerprint density at radius 2 is 1.95 bits per heavy atom. The van der Waals surface area contributed by atoms with Crippen molar-refractivity contribution >= 4 is 29.1 Å². The number of thioether (sulfide) groups is 1. The van der Waals surface area contributed by atoms with Gasteiger partial charge in [-0.3, -0.25) is 0 Å². The van der Waals surface area contributed by atoms with Crippen LogP contribution in [0.3, 0.4) is 0 Å². The summed E-state index contributed by atoms with van der Waals surface area (Å²) in [5.74, 6) is 0.760. The highest BCUT2D eigenvalue weighted by molar-refractivity contribution is 7.98. The van der Waals surface area contributed by atoms with E-state index in [-0.39, 0.29) is 0 Å². The highest BCUT2D eigenvalue weighted by atomic mass is 35.5. The lowest BCUT2D eigenvalue weighted by atomic mass is 10.2. The fourth-order valence-corrected chi connectivity index (χ4v) is 2.80. The molecular formula is C15H14ClN3S. The van der Waals surface area contributed by atoms with Crippen LogP contribution in [0.4, 0.5) is 5.69 Å². The number of halogens is 1. The second-order valence-electron chi connectivity index (χ2n) is 4.43. The van der Waals surface area contributed by atoms with Gasteiger partial charge in [-0.15, -0.1) is 11.8 Å². The first-order chi connectivity index (χ1) is 9.61. The van der Waals surface area contributed by atoms with E-state index in [0.29, 0.717) is 5.56 Å². The van der Waals surface area contributed by atoms with E-state index in [2.05, 4.69) is 11.1 Å². The third kappa shape index (κ3) is 3.44. The number of rotatable bonds is 4. The summed E-state index contributed by atoms with van der Waals surface area (Å²) in [4.78, 5) is 6.24. The molecule has 2 aromatic rings. The van der Waals surface area contributed by atoms with Crippen molar-refractivity contribution in [2.75, 3.05) is 19.0 Å². The molecule has 0 aliphatic carbocycles. The summed E-state index contributed by atoms with van der Waals surface area (Å²) in [5.41, 5.74) is 2.66. The van der Waals surface area contributed by atoms with Crippen LogP contribution in [0.1, 0.15) is 11.1 Å². The Bertz CT molecular complexity index is 633. The van der Waals surface area contributed by atoms with Gasteiger partial charge in [0.15, 0.2) is 0 Å². The molecule has 1 aromatic carbocycles. The smallest absolute Gasteiger partial charge is 0.116 e. The van der Waals surface area contributed by atoms with E-state index in [1.807, 2.05) is 49.3 Å². The van der Waals surface area contributed by atoms with Gasteiger partial charge in [-0.25, -0.2) is 4.98 Å². The number of aromatic nitrogens is 1. The van der Waals surface area contributed by atoms with Crippen molar-refractivity contribution in [3.05, 3.63) is 52.7 Å². The highest BCUT2D eigenvalue weighted by Crippen LogP contribution is 2.29. The lowest BCUT2D eigenvalue weighted by Gasteiger charge is -2.15. The average Bonchev–Trinajstić information content (AvgIpc) is 2.46. The molecule has 102 valence electrons. The largest absolute Gasteiger partial charge is 0.376 e. The zero-order valence-corrected chi connectivity index (χ0v) is 12.9. The summed E-state index contributed by atoms with van der Waals surface area (Å²) in [5, 5.41) is 10.8. The Hall–Kier alpha value is -1.70. The number of anilines is 1. The zero-order chi connectivity index (χ0) is 14.5. The quantitative estimate of drug-likeness (QED) is 0.801. The first-order valence-corrected chi connectivity index (χ1v) is 7.42. The van der Waals surface area contributed by atoms with Gasteiger partial charge in [-0.1, -0.05) is 23.7 Å². The Morgan fingerprint density at radius 1 is 1.25 bits per heavy atom. The minimum absolute atomic E-state index is 0.622. The molecule has 2 rings (SSSR count). The molecule has 0 spiro atoms. The Balaban J connectivity index is 2.19. The van der Waals surface area contributed by atoms with Gasteiger partial charge in [0.2, 0.25) is 0 Å². The molecule has 1 heterocycles. The molecule has 0 amide bonds. The Morgan fingerprint density at radius 3 is 2.55 bits per heavy atom. The minimum Gasteiger partial charge on any atom is -0.376 e. The molecule has 0 aliphatic heterocycles. The van der Waals surface area contributed by atoms with Crippen LogP contribution in [-0.2, 0) is 5.75 Å². The number of hydrogen-bond acceptors (Lipinski definition) is 4. The molecule has 20 heavy (non-hydrogen) atoms. The molecule has 0 saturated heterocycles. The van der Waals surface area contributed by atoms with Crippen LogP contribution in [0.5, 0.6) is 0 Å². The van der Waals surface area contributed by atoms with E-state index in [1.165, 1.54) is 0 Å². The monoisotopic (exact) mass is 303 g/mol. The lowest BCUT2D eigenvalue weighted by Crippen LogP contribution is -2.11. The molecule has 0 bridgehead atoms. The van der Waals surface area contributed by atoms with E-state index in [0.717, 1.165) is 27.1 Å². The summed E-state index contributed by atoms with van der Waals surface area (Å²) < 4.78 is 0. The fraction of sp³-hybridized carbons (Fsp3) is 0.200. The maximum atomic E-state index is 9.33. The number of nitrogens with zero attached hydrogens (tertiary/aromatic N) is 3. The minimum atomic E-state index is 0.622. The van der Waals surface area contributed by atoms with Crippen LogP contribution in [0.25, 0.3) is 0 Å². The van der Waals surface area contributed by atoms with Gasteiger partial charge < -0.3 is 4.90 Å². The summed E-state index contributed by atoms with van der Waals surface area (Å²) in [6.45, 7) is 0. The maximum absolute atomic E-state index is 9.33. The van der Waals surface area contributed by atoms with E-state index >= 15 is 0 Å². The second kappa shape index (κ2) is 6.65. The van der Waals surface area contributed by atoms with E-state index in [1.54, 1.807) is 18.0 Å². The Kier molecular flexibility index (Phi) is 4.89. The van der Waals surface area contributed by atoms with Crippen LogP contribution < -0.4 is 4.90 Å². The molecule has 0 N–H and O–H groups in total. The predicted octanol–water partition coefficient (Wildman–Crippen LogP) is 3.96. The normalized spacial score (nSPS) is 10.1.